The third kappa shape index (κ3) is 4.02. The van der Waals surface area contributed by atoms with Crippen LogP contribution in [-0.2, 0) is 0 Å². The lowest BCUT2D eigenvalue weighted by molar-refractivity contribution is 0.589. The monoisotopic (exact) mass is 227 g/mol. The van der Waals surface area contributed by atoms with Gasteiger partial charge in [0.1, 0.15) is 5.82 Å². The molecule has 0 unspecified atom stereocenters. The molecule has 0 bridgehead atoms. The summed E-state index contributed by atoms with van der Waals surface area (Å²) >= 11 is 5.54. The summed E-state index contributed by atoms with van der Waals surface area (Å²) in [6.45, 7) is 4.65. The third-order valence-corrected chi connectivity index (χ3v) is 2.59. The highest BCUT2D eigenvalue weighted by molar-refractivity contribution is 6.25. The van der Waals surface area contributed by atoms with Crippen molar-refractivity contribution in [2.45, 2.75) is 19.9 Å². The van der Waals surface area contributed by atoms with E-state index in [4.69, 9.17) is 11.6 Å². The number of rotatable bonds is 4. The molecule has 0 aliphatic heterocycles. The fraction of sp³-hybridized carbons (Fsp3) is 0.333. The van der Waals surface area contributed by atoms with Gasteiger partial charge in [-0.05, 0) is 37.1 Å². The Balaban J connectivity index is 2.57. The van der Waals surface area contributed by atoms with Gasteiger partial charge in [0.2, 0.25) is 0 Å². The lowest BCUT2D eigenvalue weighted by Crippen LogP contribution is -2.20. The van der Waals surface area contributed by atoms with Gasteiger partial charge in [-0.3, -0.25) is 0 Å². The second-order valence-electron chi connectivity index (χ2n) is 3.61. The molecule has 0 aliphatic carbocycles. The van der Waals surface area contributed by atoms with E-state index in [1.807, 2.05) is 19.9 Å². The van der Waals surface area contributed by atoms with Crippen LogP contribution in [0.2, 0.25) is 0 Å². The van der Waals surface area contributed by atoms with Gasteiger partial charge in [0.15, 0.2) is 0 Å². The molecule has 0 amide bonds. The largest absolute Gasteiger partial charge is 0.306 e. The number of hydrogen-bond acceptors (Lipinski definition) is 1. The lowest BCUT2D eigenvalue weighted by atomic mass is 10.1. The van der Waals surface area contributed by atoms with E-state index in [2.05, 4.69) is 5.32 Å². The molecule has 1 nitrogen and oxygen atoms in total. The quantitative estimate of drug-likeness (QED) is 0.829. The molecule has 0 saturated carbocycles. The SMILES string of the molecule is C/C(=C\Cl)CN[C@@H](C)c1cccc(F)c1. The van der Waals surface area contributed by atoms with Crippen LogP contribution in [0, 0.1) is 5.82 Å². The topological polar surface area (TPSA) is 12.0 Å². The Hall–Kier alpha value is -0.860. The molecule has 0 heterocycles. The van der Waals surface area contributed by atoms with E-state index >= 15 is 0 Å². The van der Waals surface area contributed by atoms with E-state index in [0.29, 0.717) is 6.54 Å². The summed E-state index contributed by atoms with van der Waals surface area (Å²) in [5.41, 5.74) is 3.54. The molecule has 82 valence electrons. The van der Waals surface area contributed by atoms with Crippen LogP contribution in [-0.4, -0.2) is 6.54 Å². The first kappa shape index (κ1) is 12.2. The molecule has 1 aromatic carbocycles. The maximum absolute atomic E-state index is 12.9. The summed E-state index contributed by atoms with van der Waals surface area (Å²) in [5.74, 6) is -0.203. The average Bonchev–Trinajstić information content (AvgIpc) is 2.25. The predicted octanol–water partition coefficient (Wildman–Crippen LogP) is 3.62. The van der Waals surface area contributed by atoms with Gasteiger partial charge in [-0.25, -0.2) is 4.39 Å². The van der Waals surface area contributed by atoms with Crippen molar-refractivity contribution in [2.24, 2.45) is 0 Å². The van der Waals surface area contributed by atoms with E-state index in [1.54, 1.807) is 11.6 Å². The standard InChI is InChI=1S/C12H15ClFN/c1-9(7-13)8-15-10(2)11-4-3-5-12(14)6-11/h3-7,10,15H,8H2,1-2H3/b9-7+/t10-/m0/s1. The normalized spacial score (nSPS) is 14.0. The van der Waals surface area contributed by atoms with E-state index in [0.717, 1.165) is 11.1 Å². The van der Waals surface area contributed by atoms with E-state index in [1.165, 1.54) is 12.1 Å². The molecule has 1 N–H and O–H groups in total. The molecule has 0 saturated heterocycles. The van der Waals surface area contributed by atoms with Gasteiger partial charge in [-0.1, -0.05) is 23.7 Å². The summed E-state index contributed by atoms with van der Waals surface area (Å²) in [7, 11) is 0. The maximum atomic E-state index is 12.9. The van der Waals surface area contributed by atoms with Crippen molar-refractivity contribution in [3.8, 4) is 0 Å². The van der Waals surface area contributed by atoms with Crippen LogP contribution < -0.4 is 5.32 Å². The van der Waals surface area contributed by atoms with Crippen molar-refractivity contribution in [3.63, 3.8) is 0 Å². The minimum atomic E-state index is -0.203. The Morgan fingerprint density at radius 1 is 1.60 bits per heavy atom. The number of nitrogens with one attached hydrogen (secondary N) is 1. The second-order valence-corrected chi connectivity index (χ2v) is 3.83. The molecule has 1 atom stereocenters. The molecule has 0 aromatic heterocycles. The minimum Gasteiger partial charge on any atom is -0.306 e. The van der Waals surface area contributed by atoms with Gasteiger partial charge >= 0.3 is 0 Å². The van der Waals surface area contributed by atoms with E-state index in [-0.39, 0.29) is 11.9 Å². The van der Waals surface area contributed by atoms with Crippen LogP contribution >= 0.6 is 11.6 Å². The molecule has 0 spiro atoms. The minimum absolute atomic E-state index is 0.118. The average molecular weight is 228 g/mol. The highest BCUT2D eigenvalue weighted by atomic mass is 35.5. The first-order chi connectivity index (χ1) is 7.13. The first-order valence-corrected chi connectivity index (χ1v) is 5.32. The number of benzene rings is 1. The Morgan fingerprint density at radius 2 is 2.33 bits per heavy atom. The van der Waals surface area contributed by atoms with Crippen molar-refractivity contribution >= 4 is 11.6 Å². The highest BCUT2D eigenvalue weighted by Gasteiger charge is 2.04. The number of halogens is 2. The molecule has 0 radical (unpaired) electrons. The van der Waals surface area contributed by atoms with Gasteiger partial charge in [0.05, 0.1) is 0 Å². The van der Waals surface area contributed by atoms with Crippen LogP contribution in [0.15, 0.2) is 35.4 Å². The first-order valence-electron chi connectivity index (χ1n) is 4.88. The molecule has 0 fully saturated rings. The van der Waals surface area contributed by atoms with E-state index < -0.39 is 0 Å². The maximum Gasteiger partial charge on any atom is 0.123 e. The molecular formula is C12H15ClFN. The zero-order valence-corrected chi connectivity index (χ0v) is 9.68. The molecule has 15 heavy (non-hydrogen) atoms. The van der Waals surface area contributed by atoms with Gasteiger partial charge in [0.25, 0.3) is 0 Å². The Bertz CT molecular complexity index is 349. The van der Waals surface area contributed by atoms with Gasteiger partial charge in [-0.15, -0.1) is 0 Å². The molecule has 1 rings (SSSR count). The molecule has 0 aliphatic rings. The van der Waals surface area contributed by atoms with Crippen LogP contribution in [0.3, 0.4) is 0 Å². The van der Waals surface area contributed by atoms with Crippen LogP contribution in [0.1, 0.15) is 25.5 Å². The zero-order valence-electron chi connectivity index (χ0n) is 8.93. The summed E-state index contributed by atoms with van der Waals surface area (Å²) in [5, 5.41) is 3.26. The fourth-order valence-electron chi connectivity index (χ4n) is 1.25. The van der Waals surface area contributed by atoms with Crippen molar-refractivity contribution in [2.75, 3.05) is 6.54 Å². The smallest absolute Gasteiger partial charge is 0.123 e. The predicted molar refractivity (Wildman–Crippen MR) is 62.4 cm³/mol. The summed E-state index contributed by atoms with van der Waals surface area (Å²) in [4.78, 5) is 0. The Labute approximate surface area is 95.0 Å². The summed E-state index contributed by atoms with van der Waals surface area (Å²) in [6.07, 6.45) is 0. The molecule has 3 heteroatoms. The van der Waals surface area contributed by atoms with Crippen molar-refractivity contribution < 1.29 is 4.39 Å². The summed E-state index contributed by atoms with van der Waals surface area (Å²) in [6, 6.07) is 6.72. The lowest BCUT2D eigenvalue weighted by Gasteiger charge is -2.14. The summed E-state index contributed by atoms with van der Waals surface area (Å²) < 4.78 is 12.9. The van der Waals surface area contributed by atoms with Crippen LogP contribution in [0.4, 0.5) is 4.39 Å². The van der Waals surface area contributed by atoms with Crippen molar-refractivity contribution in [1.29, 1.82) is 0 Å². The van der Waals surface area contributed by atoms with Gasteiger partial charge in [-0.2, -0.15) is 0 Å². The molecule has 1 aromatic rings. The Kier molecular flexibility index (Phi) is 4.79. The number of hydrogen-bond donors (Lipinski definition) is 1. The van der Waals surface area contributed by atoms with Crippen LogP contribution in [0.5, 0.6) is 0 Å². The fourth-order valence-corrected chi connectivity index (χ4v) is 1.32. The third-order valence-electron chi connectivity index (χ3n) is 2.22. The molecular weight excluding hydrogens is 213 g/mol. The second kappa shape index (κ2) is 5.89. The van der Waals surface area contributed by atoms with E-state index in [9.17, 15) is 4.39 Å². The van der Waals surface area contributed by atoms with Gasteiger partial charge in [0, 0.05) is 18.1 Å². The van der Waals surface area contributed by atoms with Crippen molar-refractivity contribution in [3.05, 3.63) is 46.8 Å². The zero-order chi connectivity index (χ0) is 11.3. The van der Waals surface area contributed by atoms with Crippen molar-refractivity contribution in [1.82, 2.24) is 5.32 Å². The van der Waals surface area contributed by atoms with Gasteiger partial charge < -0.3 is 5.32 Å². The van der Waals surface area contributed by atoms with Crippen LogP contribution in [0.25, 0.3) is 0 Å². The Morgan fingerprint density at radius 3 is 2.93 bits per heavy atom. The highest BCUT2D eigenvalue weighted by Crippen LogP contribution is 2.13.